The molecule has 2 nitrogen and oxygen atoms in total. The summed E-state index contributed by atoms with van der Waals surface area (Å²) in [6.07, 6.45) is -4.41. The summed E-state index contributed by atoms with van der Waals surface area (Å²) in [7, 11) is 1.91. The van der Waals surface area contributed by atoms with Gasteiger partial charge < -0.3 is 5.32 Å². The third-order valence-electron chi connectivity index (χ3n) is 3.19. The summed E-state index contributed by atoms with van der Waals surface area (Å²) in [6.45, 7) is 2.32. The van der Waals surface area contributed by atoms with Crippen LogP contribution in [-0.4, -0.2) is 31.6 Å². The van der Waals surface area contributed by atoms with Crippen molar-refractivity contribution < 1.29 is 13.2 Å². The number of benzene rings is 1. The minimum Gasteiger partial charge on any atom is -0.314 e. The summed E-state index contributed by atoms with van der Waals surface area (Å²) in [5.74, 6) is 0. The van der Waals surface area contributed by atoms with Crippen LogP contribution in [0, 0.1) is 0 Å². The number of halogens is 4. The maximum absolute atomic E-state index is 12.8. The van der Waals surface area contributed by atoms with Gasteiger partial charge in [-0.1, -0.05) is 17.7 Å². The predicted molar refractivity (Wildman–Crippen MR) is 64.7 cm³/mol. The van der Waals surface area contributed by atoms with E-state index >= 15 is 0 Å². The molecule has 18 heavy (non-hydrogen) atoms. The fraction of sp³-hybridized carbons (Fsp3) is 0.500. The van der Waals surface area contributed by atoms with Crippen molar-refractivity contribution in [2.75, 3.05) is 26.7 Å². The quantitative estimate of drug-likeness (QED) is 0.850. The van der Waals surface area contributed by atoms with E-state index in [9.17, 15) is 13.2 Å². The topological polar surface area (TPSA) is 15.3 Å². The first kappa shape index (κ1) is 13.6. The Bertz CT molecular complexity index is 434. The predicted octanol–water partition coefficient (Wildman–Crippen LogP) is 2.93. The highest BCUT2D eigenvalue weighted by molar-refractivity contribution is 6.31. The summed E-state index contributed by atoms with van der Waals surface area (Å²) >= 11 is 5.61. The lowest BCUT2D eigenvalue weighted by atomic mass is 10.0. The lowest BCUT2D eigenvalue weighted by Crippen LogP contribution is -2.43. The average Bonchev–Trinajstić information content (AvgIpc) is 2.29. The van der Waals surface area contributed by atoms with Crippen LogP contribution in [0.5, 0.6) is 0 Å². The lowest BCUT2D eigenvalue weighted by molar-refractivity contribution is -0.137. The molecule has 1 aliphatic heterocycles. The van der Waals surface area contributed by atoms with Crippen LogP contribution >= 0.6 is 11.6 Å². The summed E-state index contributed by atoms with van der Waals surface area (Å²) in [5.41, 5.74) is -0.123. The molecule has 1 aromatic carbocycles. The second-order valence-electron chi connectivity index (χ2n) is 4.44. The number of nitrogens with zero attached hydrogens (tertiary/aromatic N) is 1. The number of hydrogen-bond acceptors (Lipinski definition) is 2. The van der Waals surface area contributed by atoms with Crippen LogP contribution in [0.3, 0.4) is 0 Å². The van der Waals surface area contributed by atoms with Crippen LogP contribution in [0.15, 0.2) is 18.2 Å². The molecule has 0 amide bonds. The van der Waals surface area contributed by atoms with Crippen molar-refractivity contribution in [2.45, 2.75) is 12.2 Å². The van der Waals surface area contributed by atoms with Crippen molar-refractivity contribution in [1.82, 2.24) is 10.2 Å². The number of alkyl halides is 3. The van der Waals surface area contributed by atoms with Crippen molar-refractivity contribution in [3.63, 3.8) is 0 Å². The highest BCUT2D eigenvalue weighted by Gasteiger charge is 2.34. The van der Waals surface area contributed by atoms with E-state index in [4.69, 9.17) is 11.6 Å². The molecule has 1 heterocycles. The fourth-order valence-electron chi connectivity index (χ4n) is 2.15. The third-order valence-corrected chi connectivity index (χ3v) is 3.52. The zero-order valence-electron chi connectivity index (χ0n) is 9.89. The van der Waals surface area contributed by atoms with Gasteiger partial charge >= 0.3 is 6.18 Å². The number of nitrogens with one attached hydrogen (secondary N) is 1. The van der Waals surface area contributed by atoms with Gasteiger partial charge in [0.2, 0.25) is 0 Å². The van der Waals surface area contributed by atoms with Crippen molar-refractivity contribution in [3.05, 3.63) is 34.3 Å². The van der Waals surface area contributed by atoms with Gasteiger partial charge in [0.15, 0.2) is 0 Å². The van der Waals surface area contributed by atoms with Gasteiger partial charge in [0.05, 0.1) is 10.6 Å². The molecule has 0 aromatic heterocycles. The normalized spacial score (nSPS) is 22.2. The van der Waals surface area contributed by atoms with E-state index < -0.39 is 11.7 Å². The standard InChI is InChI=1S/C12H14ClF3N2/c1-18-5-4-17-7-11(18)8-2-3-10(13)9(6-8)12(14,15)16/h2-3,6,11,17H,4-5,7H2,1H3. The van der Waals surface area contributed by atoms with Crippen molar-refractivity contribution in [2.24, 2.45) is 0 Å². The Morgan fingerprint density at radius 2 is 2.11 bits per heavy atom. The van der Waals surface area contributed by atoms with Gasteiger partial charge in [0.25, 0.3) is 0 Å². The van der Waals surface area contributed by atoms with Crippen LogP contribution in [0.4, 0.5) is 13.2 Å². The molecular formula is C12H14ClF3N2. The first-order chi connectivity index (χ1) is 8.39. The molecule has 1 aliphatic rings. The SMILES string of the molecule is CN1CCNCC1c1ccc(Cl)c(C(F)(F)F)c1. The van der Waals surface area contributed by atoms with Crippen LogP contribution in [0.25, 0.3) is 0 Å². The molecule has 0 spiro atoms. The Labute approximate surface area is 109 Å². The molecule has 100 valence electrons. The molecule has 1 saturated heterocycles. The number of piperazine rings is 1. The largest absolute Gasteiger partial charge is 0.417 e. The minimum atomic E-state index is -4.41. The van der Waals surface area contributed by atoms with Crippen LogP contribution in [0.2, 0.25) is 5.02 Å². The molecule has 6 heteroatoms. The first-order valence-corrected chi connectivity index (χ1v) is 6.05. The van der Waals surface area contributed by atoms with Gasteiger partial charge in [-0.05, 0) is 24.7 Å². The minimum absolute atomic E-state index is 0.0443. The molecule has 0 aliphatic carbocycles. The molecule has 1 N–H and O–H groups in total. The van der Waals surface area contributed by atoms with Gasteiger partial charge in [-0.2, -0.15) is 13.2 Å². The van der Waals surface area contributed by atoms with E-state index in [1.165, 1.54) is 6.07 Å². The molecule has 0 bridgehead atoms. The van der Waals surface area contributed by atoms with Crippen molar-refractivity contribution >= 4 is 11.6 Å². The lowest BCUT2D eigenvalue weighted by Gasteiger charge is -2.33. The highest BCUT2D eigenvalue weighted by Crippen LogP contribution is 2.36. The van der Waals surface area contributed by atoms with Gasteiger partial charge in [-0.25, -0.2) is 0 Å². The van der Waals surface area contributed by atoms with Gasteiger partial charge in [-0.15, -0.1) is 0 Å². The van der Waals surface area contributed by atoms with Crippen LogP contribution in [-0.2, 0) is 6.18 Å². The Morgan fingerprint density at radius 1 is 1.39 bits per heavy atom. The van der Waals surface area contributed by atoms with E-state index in [-0.39, 0.29) is 11.1 Å². The molecular weight excluding hydrogens is 265 g/mol. The fourth-order valence-corrected chi connectivity index (χ4v) is 2.37. The number of hydrogen-bond donors (Lipinski definition) is 1. The average molecular weight is 279 g/mol. The van der Waals surface area contributed by atoms with E-state index in [0.717, 1.165) is 19.2 Å². The van der Waals surface area contributed by atoms with Crippen LogP contribution in [0.1, 0.15) is 17.2 Å². The molecule has 1 aromatic rings. The number of rotatable bonds is 1. The molecule has 0 saturated carbocycles. The summed E-state index contributed by atoms with van der Waals surface area (Å²) in [5, 5.41) is 2.93. The highest BCUT2D eigenvalue weighted by atomic mass is 35.5. The van der Waals surface area contributed by atoms with Crippen molar-refractivity contribution in [1.29, 1.82) is 0 Å². The van der Waals surface area contributed by atoms with E-state index in [2.05, 4.69) is 5.32 Å². The second kappa shape index (κ2) is 5.07. The van der Waals surface area contributed by atoms with E-state index in [1.807, 2.05) is 11.9 Å². The number of likely N-dealkylation sites (N-methyl/N-ethyl adjacent to an activating group) is 1. The van der Waals surface area contributed by atoms with Gasteiger partial charge in [0.1, 0.15) is 0 Å². The summed E-state index contributed by atoms with van der Waals surface area (Å²) in [6, 6.07) is 4.09. The zero-order valence-corrected chi connectivity index (χ0v) is 10.6. The van der Waals surface area contributed by atoms with E-state index in [0.29, 0.717) is 12.1 Å². The van der Waals surface area contributed by atoms with Gasteiger partial charge in [0, 0.05) is 25.7 Å². The van der Waals surface area contributed by atoms with Gasteiger partial charge in [-0.3, -0.25) is 4.90 Å². The molecule has 1 fully saturated rings. The maximum Gasteiger partial charge on any atom is 0.417 e. The maximum atomic E-state index is 12.8. The Balaban J connectivity index is 2.34. The zero-order chi connectivity index (χ0) is 13.3. The molecule has 0 radical (unpaired) electrons. The monoisotopic (exact) mass is 278 g/mol. The molecule has 1 atom stereocenters. The smallest absolute Gasteiger partial charge is 0.314 e. The van der Waals surface area contributed by atoms with Crippen LogP contribution < -0.4 is 5.32 Å². The third kappa shape index (κ3) is 2.79. The summed E-state index contributed by atoms with van der Waals surface area (Å²) < 4.78 is 38.3. The van der Waals surface area contributed by atoms with E-state index in [1.54, 1.807) is 6.07 Å². The molecule has 2 rings (SSSR count). The molecule has 1 unspecified atom stereocenters. The van der Waals surface area contributed by atoms with Crippen molar-refractivity contribution in [3.8, 4) is 0 Å². The summed E-state index contributed by atoms with van der Waals surface area (Å²) in [4.78, 5) is 2.04. The second-order valence-corrected chi connectivity index (χ2v) is 4.84. The first-order valence-electron chi connectivity index (χ1n) is 5.67. The Morgan fingerprint density at radius 3 is 2.72 bits per heavy atom. The Hall–Kier alpha value is -0.780. The Kier molecular flexibility index (Phi) is 3.84.